The highest BCUT2D eigenvalue weighted by Crippen LogP contribution is 2.37. The molecule has 2 aliphatic heterocycles. The van der Waals surface area contributed by atoms with Crippen LogP contribution in [0.3, 0.4) is 0 Å². The molecule has 2 rings (SSSR count). The van der Waals surface area contributed by atoms with Gasteiger partial charge in [-0.15, -0.1) is 0 Å². The van der Waals surface area contributed by atoms with Crippen LogP contribution in [0.4, 0.5) is 4.79 Å². The van der Waals surface area contributed by atoms with Crippen molar-refractivity contribution in [1.82, 2.24) is 10.6 Å². The summed E-state index contributed by atoms with van der Waals surface area (Å²) < 4.78 is 22.2. The van der Waals surface area contributed by atoms with Crippen molar-refractivity contribution >= 4 is 17.9 Å². The Hall–Kier alpha value is -1.91. The molecule has 0 aromatic heterocycles. The fourth-order valence-electron chi connectivity index (χ4n) is 2.83. The molecule has 0 aromatic rings. The second-order valence-corrected chi connectivity index (χ2v) is 7.82. The largest absolute Gasteiger partial charge is 0.444 e. The van der Waals surface area contributed by atoms with E-state index in [0.717, 1.165) is 0 Å². The molecule has 0 saturated carbocycles. The highest BCUT2D eigenvalue weighted by Gasteiger charge is 2.54. The number of hydrogen-bond acceptors (Lipinski definition) is 7. The van der Waals surface area contributed by atoms with Crippen LogP contribution in [0.2, 0.25) is 0 Å². The fraction of sp³-hybridized carbons (Fsp3) is 0.812. The van der Waals surface area contributed by atoms with Crippen LogP contribution in [0.1, 0.15) is 41.5 Å². The third kappa shape index (κ3) is 4.83. The first-order valence-electron chi connectivity index (χ1n) is 8.39. The minimum Gasteiger partial charge on any atom is -0.444 e. The Morgan fingerprint density at radius 2 is 1.73 bits per heavy atom. The molecule has 2 aliphatic rings. The minimum atomic E-state index is -1.61. The standard InChI is InChI=1S/C16H27N3O7/c1-7-9-10(25-16(5,6)24-9)13(23-7)19-12(21)8(11(17)20)18-14(22)26-15(2,3)4/h7-10,13H,1-6H3,(H2,17,20)(H,18,22)(H,19,21)/t7-,8?,9-,10-,13-/m1/s1. The summed E-state index contributed by atoms with van der Waals surface area (Å²) in [5, 5.41) is 4.69. The molecular formula is C16H27N3O7. The van der Waals surface area contributed by atoms with Crippen LogP contribution >= 0.6 is 0 Å². The number of primary amides is 1. The van der Waals surface area contributed by atoms with Crippen molar-refractivity contribution in [2.75, 3.05) is 0 Å². The van der Waals surface area contributed by atoms with E-state index in [1.165, 1.54) is 0 Å². The predicted octanol–water partition coefficient (Wildman–Crippen LogP) is -0.254. The van der Waals surface area contributed by atoms with Crippen molar-refractivity contribution in [2.24, 2.45) is 5.73 Å². The number of nitrogens with two attached hydrogens (primary N) is 1. The predicted molar refractivity (Wildman–Crippen MR) is 88.7 cm³/mol. The number of hydrogen-bond donors (Lipinski definition) is 3. The number of fused-ring (bicyclic) bond motifs is 1. The molecule has 26 heavy (non-hydrogen) atoms. The van der Waals surface area contributed by atoms with Gasteiger partial charge < -0.3 is 35.3 Å². The van der Waals surface area contributed by atoms with Crippen molar-refractivity contribution in [3.63, 3.8) is 0 Å². The SMILES string of the molecule is C[C@H]1O[C@@H](NC(=O)C(NC(=O)OC(C)(C)C)C(N)=O)[C@@H]2OC(C)(C)O[C@@H]21. The number of nitrogens with one attached hydrogen (secondary N) is 2. The molecule has 0 bridgehead atoms. The van der Waals surface area contributed by atoms with Crippen molar-refractivity contribution in [1.29, 1.82) is 0 Å². The van der Waals surface area contributed by atoms with Gasteiger partial charge in [0.25, 0.3) is 5.91 Å². The summed E-state index contributed by atoms with van der Waals surface area (Å²) in [7, 11) is 0. The molecule has 0 spiro atoms. The zero-order chi connectivity index (χ0) is 19.9. The van der Waals surface area contributed by atoms with E-state index in [4.69, 9.17) is 24.7 Å². The van der Waals surface area contributed by atoms with E-state index in [-0.39, 0.29) is 12.2 Å². The molecule has 3 amide bonds. The molecule has 2 fully saturated rings. The summed E-state index contributed by atoms with van der Waals surface area (Å²) in [6.07, 6.45) is -3.00. The average molecular weight is 373 g/mol. The highest BCUT2D eigenvalue weighted by molar-refractivity contribution is 6.05. The molecule has 1 unspecified atom stereocenters. The van der Waals surface area contributed by atoms with Gasteiger partial charge in [-0.1, -0.05) is 0 Å². The number of alkyl carbamates (subject to hydrolysis) is 1. The first kappa shape index (κ1) is 20.4. The van der Waals surface area contributed by atoms with Gasteiger partial charge in [0.1, 0.15) is 17.8 Å². The topological polar surface area (TPSA) is 138 Å². The zero-order valence-corrected chi connectivity index (χ0v) is 15.8. The third-order valence-corrected chi connectivity index (χ3v) is 3.78. The minimum absolute atomic E-state index is 0.321. The molecule has 5 atom stereocenters. The van der Waals surface area contributed by atoms with Crippen molar-refractivity contribution in [3.05, 3.63) is 0 Å². The van der Waals surface area contributed by atoms with Gasteiger partial charge in [0.05, 0.1) is 6.10 Å². The summed E-state index contributed by atoms with van der Waals surface area (Å²) in [5.74, 6) is -2.66. The number of carbonyl (C=O) groups is 3. The molecule has 10 heteroatoms. The van der Waals surface area contributed by atoms with Crippen LogP contribution in [0.5, 0.6) is 0 Å². The maximum atomic E-state index is 12.4. The van der Waals surface area contributed by atoms with E-state index in [1.54, 1.807) is 41.5 Å². The molecule has 2 heterocycles. The van der Waals surface area contributed by atoms with Gasteiger partial charge in [-0.2, -0.15) is 0 Å². The second-order valence-electron chi connectivity index (χ2n) is 7.82. The van der Waals surface area contributed by atoms with E-state index >= 15 is 0 Å². The summed E-state index contributed by atoms with van der Waals surface area (Å²) in [4.78, 5) is 35.9. The second kappa shape index (κ2) is 7.01. The summed E-state index contributed by atoms with van der Waals surface area (Å²) in [6, 6.07) is -1.61. The monoisotopic (exact) mass is 373 g/mol. The maximum absolute atomic E-state index is 12.4. The summed E-state index contributed by atoms with van der Waals surface area (Å²) in [6.45, 7) is 10.3. The summed E-state index contributed by atoms with van der Waals surface area (Å²) in [5.41, 5.74) is 4.44. The highest BCUT2D eigenvalue weighted by atomic mass is 16.8. The number of rotatable bonds is 4. The van der Waals surface area contributed by atoms with Crippen LogP contribution in [-0.2, 0) is 28.5 Å². The third-order valence-electron chi connectivity index (χ3n) is 3.78. The van der Waals surface area contributed by atoms with E-state index in [1.807, 2.05) is 0 Å². The molecule has 4 N–H and O–H groups in total. The lowest BCUT2D eigenvalue weighted by Crippen LogP contribution is -2.57. The number of carbonyl (C=O) groups excluding carboxylic acids is 3. The lowest BCUT2D eigenvalue weighted by Gasteiger charge is -2.25. The molecule has 10 nitrogen and oxygen atoms in total. The van der Waals surface area contributed by atoms with Crippen molar-refractivity contribution in [2.45, 2.75) is 83.5 Å². The van der Waals surface area contributed by atoms with E-state index in [0.29, 0.717) is 0 Å². The average Bonchev–Trinajstić information content (AvgIpc) is 2.89. The van der Waals surface area contributed by atoms with E-state index in [2.05, 4.69) is 10.6 Å². The van der Waals surface area contributed by atoms with Crippen LogP contribution in [0, 0.1) is 0 Å². The lowest BCUT2D eigenvalue weighted by atomic mass is 10.1. The Balaban J connectivity index is 2.02. The van der Waals surface area contributed by atoms with Gasteiger partial charge >= 0.3 is 6.09 Å². The van der Waals surface area contributed by atoms with E-state index < -0.39 is 47.7 Å². The van der Waals surface area contributed by atoms with Gasteiger partial charge in [-0.25, -0.2) is 4.79 Å². The number of amides is 3. The number of ether oxygens (including phenoxy) is 4. The van der Waals surface area contributed by atoms with Gasteiger partial charge in [-0.05, 0) is 41.5 Å². The van der Waals surface area contributed by atoms with Crippen LogP contribution in [-0.4, -0.2) is 59.9 Å². The van der Waals surface area contributed by atoms with Gasteiger partial charge in [0.2, 0.25) is 5.91 Å². The molecule has 0 aromatic carbocycles. The van der Waals surface area contributed by atoms with Gasteiger partial charge in [-0.3, -0.25) is 9.59 Å². The van der Waals surface area contributed by atoms with Crippen LogP contribution < -0.4 is 16.4 Å². The normalized spacial score (nSPS) is 31.0. The van der Waals surface area contributed by atoms with Crippen LogP contribution in [0.25, 0.3) is 0 Å². The molecular weight excluding hydrogens is 346 g/mol. The Kier molecular flexibility index (Phi) is 5.50. The van der Waals surface area contributed by atoms with E-state index in [9.17, 15) is 14.4 Å². The van der Waals surface area contributed by atoms with Crippen LogP contribution in [0.15, 0.2) is 0 Å². The Labute approximate surface area is 152 Å². The van der Waals surface area contributed by atoms with Gasteiger partial charge in [0, 0.05) is 0 Å². The zero-order valence-electron chi connectivity index (χ0n) is 15.8. The Bertz CT molecular complexity index is 587. The molecule has 0 aliphatic carbocycles. The smallest absolute Gasteiger partial charge is 0.408 e. The molecule has 0 radical (unpaired) electrons. The van der Waals surface area contributed by atoms with Crippen molar-refractivity contribution in [3.8, 4) is 0 Å². The first-order valence-corrected chi connectivity index (χ1v) is 8.39. The quantitative estimate of drug-likeness (QED) is 0.577. The Morgan fingerprint density at radius 3 is 2.27 bits per heavy atom. The van der Waals surface area contributed by atoms with Crippen molar-refractivity contribution < 1.29 is 33.3 Å². The molecule has 148 valence electrons. The fourth-order valence-corrected chi connectivity index (χ4v) is 2.83. The maximum Gasteiger partial charge on any atom is 0.408 e. The Morgan fingerprint density at radius 1 is 1.15 bits per heavy atom. The van der Waals surface area contributed by atoms with Gasteiger partial charge in [0.15, 0.2) is 18.1 Å². The molecule has 2 saturated heterocycles. The first-order chi connectivity index (χ1) is 11.8. The lowest BCUT2D eigenvalue weighted by molar-refractivity contribution is -0.189. The summed E-state index contributed by atoms with van der Waals surface area (Å²) >= 11 is 0.